The van der Waals surface area contributed by atoms with Gasteiger partial charge in [0.25, 0.3) is 5.91 Å². The van der Waals surface area contributed by atoms with E-state index in [2.05, 4.69) is 33.2 Å². The maximum atomic E-state index is 11.8. The fraction of sp³-hybridized carbons (Fsp3) is 0.438. The zero-order valence-corrected chi connectivity index (χ0v) is 15.8. The number of hydrogen-bond acceptors (Lipinski definition) is 4. The standard InChI is InChI=1S/C16H21IN2O4/c1-10(18-15(22)16(2,3)4)14(21)23-9-13(20)19-12-8-6-5-7-11(12)17/h5-8,10H,9H2,1-4H3,(H,18,22)(H,19,20). The first kappa shape index (κ1) is 19.4. The van der Waals surface area contributed by atoms with Crippen LogP contribution in [0, 0.1) is 8.99 Å². The molecule has 23 heavy (non-hydrogen) atoms. The first-order chi connectivity index (χ1) is 10.6. The van der Waals surface area contributed by atoms with Crippen LogP contribution in [0.2, 0.25) is 0 Å². The van der Waals surface area contributed by atoms with Crippen molar-refractivity contribution >= 4 is 46.1 Å². The summed E-state index contributed by atoms with van der Waals surface area (Å²) in [5.74, 6) is -1.34. The summed E-state index contributed by atoms with van der Waals surface area (Å²) < 4.78 is 5.81. The van der Waals surface area contributed by atoms with Crippen LogP contribution in [-0.4, -0.2) is 30.4 Å². The minimum absolute atomic E-state index is 0.259. The van der Waals surface area contributed by atoms with Crippen molar-refractivity contribution in [3.63, 3.8) is 0 Å². The van der Waals surface area contributed by atoms with E-state index < -0.39 is 29.9 Å². The molecule has 7 heteroatoms. The number of esters is 1. The molecule has 126 valence electrons. The minimum Gasteiger partial charge on any atom is -0.454 e. The number of halogens is 1. The number of para-hydroxylation sites is 1. The molecule has 0 fully saturated rings. The van der Waals surface area contributed by atoms with Crippen molar-refractivity contribution in [3.05, 3.63) is 27.8 Å². The number of nitrogens with one attached hydrogen (secondary N) is 2. The van der Waals surface area contributed by atoms with E-state index in [4.69, 9.17) is 4.74 Å². The Hall–Kier alpha value is -1.64. The fourth-order valence-corrected chi connectivity index (χ4v) is 2.00. The van der Waals surface area contributed by atoms with Gasteiger partial charge in [0, 0.05) is 8.99 Å². The van der Waals surface area contributed by atoms with Gasteiger partial charge in [0.15, 0.2) is 6.61 Å². The molecule has 0 heterocycles. The molecule has 0 aliphatic heterocycles. The summed E-state index contributed by atoms with van der Waals surface area (Å²) in [7, 11) is 0. The van der Waals surface area contributed by atoms with Crippen LogP contribution in [0.25, 0.3) is 0 Å². The SMILES string of the molecule is CC(NC(=O)C(C)(C)C)C(=O)OCC(=O)Nc1ccccc1I. The van der Waals surface area contributed by atoms with E-state index in [9.17, 15) is 14.4 Å². The number of amides is 2. The lowest BCUT2D eigenvalue weighted by Gasteiger charge is -2.20. The molecular formula is C16H21IN2O4. The maximum Gasteiger partial charge on any atom is 0.328 e. The quantitative estimate of drug-likeness (QED) is 0.553. The van der Waals surface area contributed by atoms with Crippen LogP contribution in [0.15, 0.2) is 24.3 Å². The van der Waals surface area contributed by atoms with Gasteiger partial charge in [-0.1, -0.05) is 32.9 Å². The summed E-state index contributed by atoms with van der Waals surface area (Å²) in [6, 6.07) is 6.46. The highest BCUT2D eigenvalue weighted by Crippen LogP contribution is 2.16. The van der Waals surface area contributed by atoms with Gasteiger partial charge in [-0.3, -0.25) is 9.59 Å². The van der Waals surface area contributed by atoms with Gasteiger partial charge in [-0.25, -0.2) is 4.79 Å². The molecule has 0 saturated heterocycles. The van der Waals surface area contributed by atoms with Crippen LogP contribution < -0.4 is 10.6 Å². The summed E-state index contributed by atoms with van der Waals surface area (Å²) in [4.78, 5) is 35.4. The Morgan fingerprint density at radius 2 is 1.83 bits per heavy atom. The average molecular weight is 432 g/mol. The van der Waals surface area contributed by atoms with Crippen molar-refractivity contribution in [1.29, 1.82) is 0 Å². The van der Waals surface area contributed by atoms with Crippen LogP contribution >= 0.6 is 22.6 Å². The topological polar surface area (TPSA) is 84.5 Å². The van der Waals surface area contributed by atoms with E-state index in [1.165, 1.54) is 6.92 Å². The van der Waals surface area contributed by atoms with Crippen LogP contribution in [0.1, 0.15) is 27.7 Å². The summed E-state index contributed by atoms with van der Waals surface area (Å²) >= 11 is 2.10. The van der Waals surface area contributed by atoms with E-state index >= 15 is 0 Å². The third kappa shape index (κ3) is 6.55. The Kier molecular flexibility index (Phi) is 6.99. The monoisotopic (exact) mass is 432 g/mol. The van der Waals surface area contributed by atoms with Gasteiger partial charge in [0.1, 0.15) is 6.04 Å². The maximum absolute atomic E-state index is 11.8. The summed E-state index contributed by atoms with van der Waals surface area (Å²) in [6.45, 7) is 6.35. The molecule has 0 saturated carbocycles. The first-order valence-electron chi connectivity index (χ1n) is 7.13. The van der Waals surface area contributed by atoms with Crippen LogP contribution in [0.4, 0.5) is 5.69 Å². The minimum atomic E-state index is -0.814. The first-order valence-corrected chi connectivity index (χ1v) is 8.21. The van der Waals surface area contributed by atoms with Crippen molar-refractivity contribution in [3.8, 4) is 0 Å². The van der Waals surface area contributed by atoms with Gasteiger partial charge in [-0.15, -0.1) is 0 Å². The normalized spacial score (nSPS) is 12.2. The fourth-order valence-electron chi connectivity index (χ4n) is 1.48. The molecule has 0 spiro atoms. The lowest BCUT2D eigenvalue weighted by Crippen LogP contribution is -2.45. The van der Waals surface area contributed by atoms with Gasteiger partial charge in [0.2, 0.25) is 5.91 Å². The molecule has 2 amide bonds. The molecule has 2 N–H and O–H groups in total. The largest absolute Gasteiger partial charge is 0.454 e. The number of carbonyl (C=O) groups is 3. The molecule has 1 rings (SSSR count). The Morgan fingerprint density at radius 3 is 2.39 bits per heavy atom. The van der Waals surface area contributed by atoms with E-state index in [0.29, 0.717) is 5.69 Å². The second kappa shape index (κ2) is 8.28. The molecule has 1 aromatic rings. The van der Waals surface area contributed by atoms with Gasteiger partial charge >= 0.3 is 5.97 Å². The Labute approximate surface area is 149 Å². The second-order valence-electron chi connectivity index (χ2n) is 6.08. The third-order valence-electron chi connectivity index (χ3n) is 2.88. The Balaban J connectivity index is 2.45. The molecule has 0 radical (unpaired) electrons. The van der Waals surface area contributed by atoms with Crippen molar-refractivity contribution in [2.24, 2.45) is 5.41 Å². The third-order valence-corrected chi connectivity index (χ3v) is 3.82. The molecule has 0 aromatic heterocycles. The molecule has 6 nitrogen and oxygen atoms in total. The Morgan fingerprint density at radius 1 is 1.22 bits per heavy atom. The van der Waals surface area contributed by atoms with Gasteiger partial charge in [-0.2, -0.15) is 0 Å². The lowest BCUT2D eigenvalue weighted by atomic mass is 9.95. The van der Waals surface area contributed by atoms with Gasteiger partial charge in [-0.05, 0) is 41.6 Å². The van der Waals surface area contributed by atoms with Crippen molar-refractivity contribution in [2.45, 2.75) is 33.7 Å². The molecule has 0 aliphatic carbocycles. The molecule has 1 aromatic carbocycles. The highest BCUT2D eigenvalue weighted by molar-refractivity contribution is 14.1. The number of anilines is 1. The molecular weight excluding hydrogens is 411 g/mol. The molecule has 0 bridgehead atoms. The number of rotatable bonds is 5. The number of carbonyl (C=O) groups excluding carboxylic acids is 3. The lowest BCUT2D eigenvalue weighted by molar-refractivity contribution is -0.150. The highest BCUT2D eigenvalue weighted by Gasteiger charge is 2.26. The average Bonchev–Trinajstić information content (AvgIpc) is 2.46. The van der Waals surface area contributed by atoms with Crippen LogP contribution in [0.3, 0.4) is 0 Å². The second-order valence-corrected chi connectivity index (χ2v) is 7.24. The summed E-state index contributed by atoms with van der Waals surface area (Å²) in [5, 5.41) is 5.21. The van der Waals surface area contributed by atoms with E-state index in [1.807, 2.05) is 12.1 Å². The van der Waals surface area contributed by atoms with Gasteiger partial charge in [0.05, 0.1) is 5.69 Å². The zero-order chi connectivity index (χ0) is 17.6. The smallest absolute Gasteiger partial charge is 0.328 e. The number of ether oxygens (including phenoxy) is 1. The van der Waals surface area contributed by atoms with Crippen molar-refractivity contribution in [2.75, 3.05) is 11.9 Å². The predicted octanol–water partition coefficient (Wildman–Crippen LogP) is 2.32. The Bertz CT molecular complexity index is 596. The van der Waals surface area contributed by atoms with Crippen molar-refractivity contribution in [1.82, 2.24) is 5.32 Å². The molecule has 1 atom stereocenters. The molecule has 0 aliphatic rings. The zero-order valence-electron chi connectivity index (χ0n) is 13.6. The van der Waals surface area contributed by atoms with E-state index in [1.54, 1.807) is 32.9 Å². The van der Waals surface area contributed by atoms with E-state index in [0.717, 1.165) is 3.57 Å². The molecule has 1 unspecified atom stereocenters. The highest BCUT2D eigenvalue weighted by atomic mass is 127. The van der Waals surface area contributed by atoms with Crippen molar-refractivity contribution < 1.29 is 19.1 Å². The van der Waals surface area contributed by atoms with Gasteiger partial charge < -0.3 is 15.4 Å². The predicted molar refractivity (Wildman–Crippen MR) is 95.8 cm³/mol. The number of benzene rings is 1. The number of hydrogen-bond donors (Lipinski definition) is 2. The summed E-state index contributed by atoms with van der Waals surface area (Å²) in [6.07, 6.45) is 0. The van der Waals surface area contributed by atoms with E-state index in [-0.39, 0.29) is 5.91 Å². The van der Waals surface area contributed by atoms with Crippen LogP contribution in [-0.2, 0) is 19.1 Å². The summed E-state index contributed by atoms with van der Waals surface area (Å²) in [5.41, 5.74) is 0.0545. The van der Waals surface area contributed by atoms with Crippen LogP contribution in [0.5, 0.6) is 0 Å².